The number of benzene rings is 2. The van der Waals surface area contributed by atoms with E-state index in [1.165, 1.54) is 11.1 Å². The predicted octanol–water partition coefficient (Wildman–Crippen LogP) is 5.68. The number of hydrogen-bond acceptors (Lipinski definition) is 3. The molecule has 1 N–H and O–H groups in total. The molecular formula is C22H26N2OS. The van der Waals surface area contributed by atoms with E-state index >= 15 is 0 Å². The van der Waals surface area contributed by atoms with E-state index in [4.69, 9.17) is 5.26 Å². The molecule has 0 fully saturated rings. The largest absolute Gasteiger partial charge is 0.325 e. The summed E-state index contributed by atoms with van der Waals surface area (Å²) in [4.78, 5) is 12.5. The van der Waals surface area contributed by atoms with Crippen LogP contribution in [-0.2, 0) is 10.5 Å². The van der Waals surface area contributed by atoms with Crippen LogP contribution < -0.4 is 5.32 Å². The number of carbonyl (C=O) groups excluding carboxylic acids is 1. The molecule has 0 radical (unpaired) electrons. The first-order valence-electron chi connectivity index (χ1n) is 8.91. The molecule has 0 heterocycles. The zero-order chi connectivity index (χ0) is 19.1. The van der Waals surface area contributed by atoms with Gasteiger partial charge in [-0.1, -0.05) is 58.0 Å². The molecule has 26 heavy (non-hydrogen) atoms. The first-order valence-corrected chi connectivity index (χ1v) is 10.1. The summed E-state index contributed by atoms with van der Waals surface area (Å²) in [6, 6.07) is 15.9. The van der Waals surface area contributed by atoms with Crippen LogP contribution in [-0.4, -0.2) is 11.7 Å². The van der Waals surface area contributed by atoms with Gasteiger partial charge in [-0.05, 0) is 40.7 Å². The Hall–Kier alpha value is -2.25. The second-order valence-electron chi connectivity index (χ2n) is 6.97. The fourth-order valence-electron chi connectivity index (χ4n) is 2.86. The Balaban J connectivity index is 2.02. The molecule has 3 nitrogen and oxygen atoms in total. The van der Waals surface area contributed by atoms with Crippen LogP contribution in [0.4, 0.5) is 5.69 Å². The summed E-state index contributed by atoms with van der Waals surface area (Å²) in [6.07, 6.45) is 0. The predicted molar refractivity (Wildman–Crippen MR) is 111 cm³/mol. The first kappa shape index (κ1) is 20.1. The van der Waals surface area contributed by atoms with E-state index in [1.807, 2.05) is 18.2 Å². The molecule has 0 aliphatic carbocycles. The van der Waals surface area contributed by atoms with Crippen molar-refractivity contribution in [1.29, 1.82) is 5.26 Å². The Morgan fingerprint density at radius 3 is 2.27 bits per heavy atom. The molecule has 0 aliphatic heterocycles. The highest BCUT2D eigenvalue weighted by molar-refractivity contribution is 7.99. The van der Waals surface area contributed by atoms with E-state index in [2.05, 4.69) is 57.3 Å². The van der Waals surface area contributed by atoms with Gasteiger partial charge >= 0.3 is 0 Å². The topological polar surface area (TPSA) is 52.9 Å². The molecule has 1 amide bonds. The van der Waals surface area contributed by atoms with Gasteiger partial charge in [-0.25, -0.2) is 0 Å². The lowest BCUT2D eigenvalue weighted by molar-refractivity contribution is -0.113. The molecule has 2 aromatic carbocycles. The molecular weight excluding hydrogens is 340 g/mol. The summed E-state index contributed by atoms with van der Waals surface area (Å²) in [5.41, 5.74) is 5.04. The van der Waals surface area contributed by atoms with Crippen LogP contribution in [0.2, 0.25) is 0 Å². The fourth-order valence-corrected chi connectivity index (χ4v) is 3.64. The van der Waals surface area contributed by atoms with Gasteiger partial charge in [0.2, 0.25) is 5.91 Å². The summed E-state index contributed by atoms with van der Waals surface area (Å²) in [6.45, 7) is 8.58. The molecule has 2 aromatic rings. The van der Waals surface area contributed by atoms with Crippen LogP contribution in [0.3, 0.4) is 0 Å². The maximum atomic E-state index is 12.5. The van der Waals surface area contributed by atoms with E-state index in [1.54, 1.807) is 17.8 Å². The minimum Gasteiger partial charge on any atom is -0.325 e. The number of carbonyl (C=O) groups is 1. The van der Waals surface area contributed by atoms with Crippen LogP contribution in [0.15, 0.2) is 42.5 Å². The fraction of sp³-hybridized carbons (Fsp3) is 0.364. The van der Waals surface area contributed by atoms with Crippen molar-refractivity contribution in [2.45, 2.75) is 45.3 Å². The quantitative estimate of drug-likeness (QED) is 0.686. The van der Waals surface area contributed by atoms with Crippen molar-refractivity contribution in [3.05, 3.63) is 64.7 Å². The second-order valence-corrected chi connectivity index (χ2v) is 7.96. The van der Waals surface area contributed by atoms with Gasteiger partial charge in [0, 0.05) is 11.4 Å². The number of hydrogen-bond donors (Lipinski definition) is 1. The van der Waals surface area contributed by atoms with Gasteiger partial charge < -0.3 is 5.32 Å². The summed E-state index contributed by atoms with van der Waals surface area (Å²) in [7, 11) is 0. The molecule has 0 saturated carbocycles. The molecule has 2 rings (SSSR count). The van der Waals surface area contributed by atoms with Gasteiger partial charge in [-0.2, -0.15) is 5.26 Å². The molecule has 0 aliphatic rings. The number of nitriles is 1. The SMILES string of the molecule is CC(C)c1cccc(C(C)C)c1NC(=O)CSCc1cccc(C#N)c1. The van der Waals surface area contributed by atoms with Crippen molar-refractivity contribution in [2.75, 3.05) is 11.1 Å². The Morgan fingerprint density at radius 2 is 1.69 bits per heavy atom. The monoisotopic (exact) mass is 366 g/mol. The van der Waals surface area contributed by atoms with Crippen LogP contribution >= 0.6 is 11.8 Å². The van der Waals surface area contributed by atoms with Crippen molar-refractivity contribution >= 4 is 23.4 Å². The molecule has 0 saturated heterocycles. The van der Waals surface area contributed by atoms with Crippen molar-refractivity contribution in [3.8, 4) is 6.07 Å². The molecule has 0 aromatic heterocycles. The Kier molecular flexibility index (Phi) is 7.29. The third-order valence-corrected chi connectivity index (χ3v) is 5.20. The van der Waals surface area contributed by atoms with Gasteiger partial charge in [0.05, 0.1) is 17.4 Å². The van der Waals surface area contributed by atoms with Crippen LogP contribution in [0.25, 0.3) is 0 Å². The summed E-state index contributed by atoms with van der Waals surface area (Å²) < 4.78 is 0. The number of nitrogens with zero attached hydrogens (tertiary/aromatic N) is 1. The van der Waals surface area contributed by atoms with E-state index < -0.39 is 0 Å². The molecule has 0 bridgehead atoms. The molecule has 136 valence electrons. The maximum absolute atomic E-state index is 12.5. The summed E-state index contributed by atoms with van der Waals surface area (Å²) in [5, 5.41) is 12.1. The van der Waals surface area contributed by atoms with Crippen LogP contribution in [0, 0.1) is 11.3 Å². The number of nitrogens with one attached hydrogen (secondary N) is 1. The van der Waals surface area contributed by atoms with Gasteiger partial charge in [-0.3, -0.25) is 4.79 Å². The number of thioether (sulfide) groups is 1. The molecule has 0 atom stereocenters. The lowest BCUT2D eigenvalue weighted by Crippen LogP contribution is -2.17. The van der Waals surface area contributed by atoms with E-state index in [0.717, 1.165) is 11.3 Å². The third-order valence-electron chi connectivity index (χ3n) is 4.20. The molecule has 4 heteroatoms. The standard InChI is InChI=1S/C22H26N2OS/c1-15(2)19-9-6-10-20(16(3)4)22(19)24-21(25)14-26-13-18-8-5-7-17(11-18)12-23/h5-11,15-16H,13-14H2,1-4H3,(H,24,25). The van der Waals surface area contributed by atoms with Gasteiger partial charge in [0.1, 0.15) is 0 Å². The second kappa shape index (κ2) is 9.45. The van der Waals surface area contributed by atoms with Crippen LogP contribution in [0.5, 0.6) is 0 Å². The number of anilines is 1. The van der Waals surface area contributed by atoms with Gasteiger partial charge in [0.15, 0.2) is 0 Å². The number of rotatable bonds is 7. The van der Waals surface area contributed by atoms with Crippen molar-refractivity contribution in [3.63, 3.8) is 0 Å². The van der Waals surface area contributed by atoms with Crippen molar-refractivity contribution in [2.24, 2.45) is 0 Å². The minimum absolute atomic E-state index is 0.0152. The number of para-hydroxylation sites is 1. The zero-order valence-electron chi connectivity index (χ0n) is 15.9. The number of amides is 1. The van der Waals surface area contributed by atoms with Crippen molar-refractivity contribution < 1.29 is 4.79 Å². The highest BCUT2D eigenvalue weighted by Crippen LogP contribution is 2.32. The molecule has 0 spiro atoms. The lowest BCUT2D eigenvalue weighted by Gasteiger charge is -2.20. The zero-order valence-corrected chi connectivity index (χ0v) is 16.7. The Bertz CT molecular complexity index is 780. The average Bonchev–Trinajstić information content (AvgIpc) is 2.61. The van der Waals surface area contributed by atoms with E-state index in [9.17, 15) is 4.79 Å². The highest BCUT2D eigenvalue weighted by Gasteiger charge is 2.15. The summed E-state index contributed by atoms with van der Waals surface area (Å²) in [5.74, 6) is 1.82. The van der Waals surface area contributed by atoms with E-state index in [-0.39, 0.29) is 5.91 Å². The minimum atomic E-state index is 0.0152. The highest BCUT2D eigenvalue weighted by atomic mass is 32.2. The smallest absolute Gasteiger partial charge is 0.234 e. The van der Waals surface area contributed by atoms with Crippen LogP contribution in [0.1, 0.15) is 61.8 Å². The maximum Gasteiger partial charge on any atom is 0.234 e. The van der Waals surface area contributed by atoms with Crippen molar-refractivity contribution in [1.82, 2.24) is 0 Å². The Labute approximate surface area is 160 Å². The normalized spacial score (nSPS) is 10.8. The molecule has 0 unspecified atom stereocenters. The summed E-state index contributed by atoms with van der Waals surface area (Å²) >= 11 is 1.56. The van der Waals surface area contributed by atoms with E-state index in [0.29, 0.717) is 28.9 Å². The average molecular weight is 367 g/mol. The lowest BCUT2D eigenvalue weighted by atomic mass is 9.92. The van der Waals surface area contributed by atoms with Gasteiger partial charge in [0.25, 0.3) is 0 Å². The Morgan fingerprint density at radius 1 is 1.08 bits per heavy atom. The third kappa shape index (κ3) is 5.37. The van der Waals surface area contributed by atoms with Gasteiger partial charge in [-0.15, -0.1) is 11.8 Å². The first-order chi connectivity index (χ1) is 12.4.